The molecule has 1 amide bonds. The van der Waals surface area contributed by atoms with Crippen LogP contribution in [-0.2, 0) is 9.53 Å². The summed E-state index contributed by atoms with van der Waals surface area (Å²) in [5, 5.41) is 0. The number of ether oxygens (including phenoxy) is 2. The van der Waals surface area contributed by atoms with Crippen LogP contribution in [-0.4, -0.2) is 43.3 Å². The SMILES string of the molecule is C=NC(=N/C=C(\C)N1CCOCC1=O)Oc1ccc(F)cc1. The van der Waals surface area contributed by atoms with Crippen LogP contribution in [0.25, 0.3) is 0 Å². The number of nitrogens with zero attached hydrogens (tertiary/aromatic N) is 3. The second kappa shape index (κ2) is 7.46. The monoisotopic (exact) mass is 305 g/mol. The molecular formula is C15H16FN3O3. The summed E-state index contributed by atoms with van der Waals surface area (Å²) in [5.41, 5.74) is 0.650. The second-order valence-corrected chi connectivity index (χ2v) is 4.49. The van der Waals surface area contributed by atoms with Crippen molar-refractivity contribution in [3.05, 3.63) is 42.0 Å². The number of allylic oxidation sites excluding steroid dienone is 1. The first-order chi connectivity index (χ1) is 10.6. The van der Waals surface area contributed by atoms with Crippen molar-refractivity contribution in [1.82, 2.24) is 4.90 Å². The van der Waals surface area contributed by atoms with Crippen LogP contribution in [0.5, 0.6) is 5.75 Å². The lowest BCUT2D eigenvalue weighted by molar-refractivity contribution is -0.140. The van der Waals surface area contributed by atoms with Crippen LogP contribution in [0.3, 0.4) is 0 Å². The maximum absolute atomic E-state index is 12.8. The maximum Gasteiger partial charge on any atom is 0.321 e. The molecule has 0 bridgehead atoms. The second-order valence-electron chi connectivity index (χ2n) is 4.49. The van der Waals surface area contributed by atoms with Gasteiger partial charge in [-0.1, -0.05) is 0 Å². The molecule has 0 aromatic heterocycles. The van der Waals surface area contributed by atoms with Gasteiger partial charge in [0, 0.05) is 12.2 Å². The topological polar surface area (TPSA) is 63.5 Å². The fourth-order valence-corrected chi connectivity index (χ4v) is 1.82. The minimum atomic E-state index is -0.362. The fraction of sp³-hybridized carbons (Fsp3) is 0.267. The molecule has 1 fully saturated rings. The van der Waals surface area contributed by atoms with Crippen LogP contribution in [0, 0.1) is 5.82 Å². The van der Waals surface area contributed by atoms with E-state index in [-0.39, 0.29) is 24.4 Å². The summed E-state index contributed by atoms with van der Waals surface area (Å²) in [6.45, 7) is 6.15. The smallest absolute Gasteiger partial charge is 0.321 e. The van der Waals surface area contributed by atoms with Gasteiger partial charge in [-0.2, -0.15) is 0 Å². The van der Waals surface area contributed by atoms with E-state index in [1.165, 1.54) is 30.5 Å². The van der Waals surface area contributed by atoms with Crippen LogP contribution >= 0.6 is 0 Å². The molecule has 1 aliphatic rings. The van der Waals surface area contributed by atoms with Crippen molar-refractivity contribution in [2.75, 3.05) is 19.8 Å². The molecule has 0 atom stereocenters. The lowest BCUT2D eigenvalue weighted by Gasteiger charge is -2.26. The van der Waals surface area contributed by atoms with Gasteiger partial charge in [0.15, 0.2) is 0 Å². The summed E-state index contributed by atoms with van der Waals surface area (Å²) >= 11 is 0. The van der Waals surface area contributed by atoms with Gasteiger partial charge in [-0.25, -0.2) is 14.4 Å². The Morgan fingerprint density at radius 3 is 2.82 bits per heavy atom. The van der Waals surface area contributed by atoms with E-state index in [1.54, 1.807) is 11.8 Å². The lowest BCUT2D eigenvalue weighted by Crippen LogP contribution is -2.40. The lowest BCUT2D eigenvalue weighted by atomic mass is 10.3. The maximum atomic E-state index is 12.8. The number of benzene rings is 1. The molecule has 0 spiro atoms. The van der Waals surface area contributed by atoms with E-state index in [2.05, 4.69) is 16.7 Å². The van der Waals surface area contributed by atoms with Crippen molar-refractivity contribution in [2.24, 2.45) is 9.98 Å². The average molecular weight is 305 g/mol. The first-order valence-electron chi connectivity index (χ1n) is 6.63. The van der Waals surface area contributed by atoms with Crippen molar-refractivity contribution in [3.8, 4) is 5.75 Å². The Bertz CT molecular complexity index is 611. The van der Waals surface area contributed by atoms with E-state index < -0.39 is 0 Å². The number of morpholine rings is 1. The predicted molar refractivity (Wildman–Crippen MR) is 80.3 cm³/mol. The van der Waals surface area contributed by atoms with E-state index in [0.29, 0.717) is 24.6 Å². The molecule has 1 aromatic carbocycles. The number of carbonyl (C=O) groups is 1. The highest BCUT2D eigenvalue weighted by atomic mass is 19.1. The molecule has 1 aromatic rings. The van der Waals surface area contributed by atoms with Gasteiger partial charge in [0.2, 0.25) is 0 Å². The Hall–Kier alpha value is -2.54. The molecule has 6 nitrogen and oxygen atoms in total. The largest absolute Gasteiger partial charge is 0.424 e. The number of amides is 1. The molecule has 1 aliphatic heterocycles. The normalized spacial score (nSPS) is 16.6. The molecule has 7 heteroatoms. The van der Waals surface area contributed by atoms with Gasteiger partial charge in [0.1, 0.15) is 18.2 Å². The van der Waals surface area contributed by atoms with Gasteiger partial charge in [-0.15, -0.1) is 0 Å². The highest BCUT2D eigenvalue weighted by molar-refractivity contribution is 5.82. The van der Waals surface area contributed by atoms with Gasteiger partial charge < -0.3 is 14.4 Å². The number of rotatable bonds is 3. The van der Waals surface area contributed by atoms with Crippen molar-refractivity contribution in [3.63, 3.8) is 0 Å². The minimum Gasteiger partial charge on any atom is -0.424 e. The molecule has 22 heavy (non-hydrogen) atoms. The van der Waals surface area contributed by atoms with Crippen molar-refractivity contribution >= 4 is 18.6 Å². The van der Waals surface area contributed by atoms with Crippen LogP contribution < -0.4 is 4.74 Å². The van der Waals surface area contributed by atoms with Crippen LogP contribution in [0.15, 0.2) is 46.1 Å². The Balaban J connectivity index is 2.07. The molecule has 1 saturated heterocycles. The predicted octanol–water partition coefficient (Wildman–Crippen LogP) is 1.98. The zero-order chi connectivity index (χ0) is 15.9. The number of halogens is 1. The van der Waals surface area contributed by atoms with Crippen LogP contribution in [0.1, 0.15) is 6.92 Å². The first kappa shape index (κ1) is 15.8. The highest BCUT2D eigenvalue weighted by Gasteiger charge is 2.19. The number of amidine groups is 1. The van der Waals surface area contributed by atoms with Crippen LogP contribution in [0.2, 0.25) is 0 Å². The van der Waals surface area contributed by atoms with Crippen LogP contribution in [0.4, 0.5) is 4.39 Å². The zero-order valence-corrected chi connectivity index (χ0v) is 12.2. The Morgan fingerprint density at radius 1 is 1.45 bits per heavy atom. The van der Waals surface area contributed by atoms with Gasteiger partial charge >= 0.3 is 6.02 Å². The average Bonchev–Trinajstić information content (AvgIpc) is 2.53. The summed E-state index contributed by atoms with van der Waals surface area (Å²) in [6, 6.07) is 5.45. The molecule has 1 heterocycles. The van der Waals surface area contributed by atoms with Crippen molar-refractivity contribution < 1.29 is 18.7 Å². The van der Waals surface area contributed by atoms with E-state index in [0.717, 1.165) is 0 Å². The summed E-state index contributed by atoms with van der Waals surface area (Å²) in [6.07, 6.45) is 1.47. The number of hydrogen-bond acceptors (Lipinski definition) is 4. The molecule has 2 rings (SSSR count). The van der Waals surface area contributed by atoms with E-state index in [9.17, 15) is 9.18 Å². The third kappa shape index (κ3) is 4.23. The van der Waals surface area contributed by atoms with E-state index in [1.807, 2.05) is 0 Å². The molecule has 0 unspecified atom stereocenters. The molecular weight excluding hydrogens is 289 g/mol. The van der Waals surface area contributed by atoms with Crippen molar-refractivity contribution in [1.29, 1.82) is 0 Å². The standard InChI is InChI=1S/C15H16FN3O3/c1-11(19-7-8-21-10-14(19)20)9-18-15(17-2)22-13-5-3-12(16)4-6-13/h3-6,9H,2,7-8,10H2,1H3/b11-9+,18-15?. The van der Waals surface area contributed by atoms with Gasteiger partial charge in [0.05, 0.1) is 12.8 Å². The Kier molecular flexibility index (Phi) is 5.37. The third-order valence-corrected chi connectivity index (χ3v) is 2.93. The number of hydrogen-bond donors (Lipinski definition) is 0. The molecule has 0 N–H and O–H groups in total. The summed E-state index contributed by atoms with van der Waals surface area (Å²) in [4.78, 5) is 21.0. The zero-order valence-electron chi connectivity index (χ0n) is 12.2. The molecule has 116 valence electrons. The summed E-state index contributed by atoms with van der Waals surface area (Å²) in [7, 11) is 0. The van der Waals surface area contributed by atoms with Gasteiger partial charge in [-0.3, -0.25) is 4.79 Å². The van der Waals surface area contributed by atoms with E-state index >= 15 is 0 Å². The summed E-state index contributed by atoms with van der Waals surface area (Å²) < 4.78 is 23.2. The minimum absolute atomic E-state index is 0.00617. The van der Waals surface area contributed by atoms with Gasteiger partial charge in [0.25, 0.3) is 5.91 Å². The fourth-order valence-electron chi connectivity index (χ4n) is 1.82. The summed E-state index contributed by atoms with van der Waals surface area (Å²) in [5.74, 6) is -0.0946. The highest BCUT2D eigenvalue weighted by Crippen LogP contribution is 2.13. The quantitative estimate of drug-likeness (QED) is 0.633. The van der Waals surface area contributed by atoms with Crippen molar-refractivity contribution in [2.45, 2.75) is 6.92 Å². The number of carbonyl (C=O) groups excluding carboxylic acids is 1. The Morgan fingerprint density at radius 2 is 2.18 bits per heavy atom. The van der Waals surface area contributed by atoms with Gasteiger partial charge in [-0.05, 0) is 37.9 Å². The third-order valence-electron chi connectivity index (χ3n) is 2.93. The van der Waals surface area contributed by atoms with E-state index in [4.69, 9.17) is 9.47 Å². The first-order valence-corrected chi connectivity index (χ1v) is 6.63. The molecule has 0 radical (unpaired) electrons. The molecule has 0 aliphatic carbocycles. The molecule has 0 saturated carbocycles. The Labute approximate surface area is 127 Å². The number of aliphatic imine (C=N–C) groups is 2.